The van der Waals surface area contributed by atoms with E-state index in [1.807, 2.05) is 26.0 Å². The zero-order chi connectivity index (χ0) is 22.7. The summed E-state index contributed by atoms with van der Waals surface area (Å²) in [6, 6.07) is 7.95. The van der Waals surface area contributed by atoms with Gasteiger partial charge in [-0.15, -0.1) is 12.4 Å². The van der Waals surface area contributed by atoms with Crippen LogP contribution in [0.1, 0.15) is 54.6 Å². The molecule has 0 N–H and O–H groups in total. The van der Waals surface area contributed by atoms with Gasteiger partial charge in [-0.2, -0.15) is 0 Å². The van der Waals surface area contributed by atoms with Gasteiger partial charge in [0.05, 0.1) is 13.2 Å². The third-order valence-electron chi connectivity index (χ3n) is 6.59. The van der Waals surface area contributed by atoms with Crippen molar-refractivity contribution in [2.24, 2.45) is 11.8 Å². The molecule has 2 aliphatic rings. The summed E-state index contributed by atoms with van der Waals surface area (Å²) in [6.45, 7) is 7.38. The van der Waals surface area contributed by atoms with Gasteiger partial charge in [0.15, 0.2) is 28.9 Å². The van der Waals surface area contributed by atoms with E-state index < -0.39 is 11.6 Å². The molecule has 2 aromatic carbocycles. The highest BCUT2D eigenvalue weighted by Gasteiger charge is 2.34. The highest BCUT2D eigenvalue weighted by Crippen LogP contribution is 2.40. The molecule has 1 aliphatic heterocycles. The molecule has 0 aromatic heterocycles. The number of benzene rings is 2. The van der Waals surface area contributed by atoms with Gasteiger partial charge in [0.1, 0.15) is 0 Å². The van der Waals surface area contributed by atoms with Crippen molar-refractivity contribution in [3.05, 3.63) is 58.7 Å². The summed E-state index contributed by atoms with van der Waals surface area (Å²) in [6.07, 6.45) is 3.67. The third-order valence-corrected chi connectivity index (χ3v) is 6.59. The molecule has 0 amide bonds. The molecule has 1 fully saturated rings. The van der Waals surface area contributed by atoms with Gasteiger partial charge in [0.25, 0.3) is 0 Å². The number of rotatable bonds is 8. The van der Waals surface area contributed by atoms with Crippen LogP contribution < -0.4 is 9.47 Å². The molecular weight excluding hydrogens is 448 g/mol. The van der Waals surface area contributed by atoms with Crippen LogP contribution in [0.25, 0.3) is 0 Å². The number of fused-ring (bicyclic) bond motifs is 1. The number of Topliss-reactive ketones (excluding diaryl/α,β-unsaturated/α-hetero) is 1. The fourth-order valence-corrected chi connectivity index (χ4v) is 4.98. The van der Waals surface area contributed by atoms with Crippen LogP contribution in [0.2, 0.25) is 0 Å². The molecule has 0 bridgehead atoms. The van der Waals surface area contributed by atoms with Crippen LogP contribution in [0.4, 0.5) is 8.78 Å². The maximum atomic E-state index is 13.5. The molecule has 1 saturated heterocycles. The van der Waals surface area contributed by atoms with E-state index in [0.717, 1.165) is 55.5 Å². The Morgan fingerprint density at radius 3 is 2.27 bits per heavy atom. The normalized spacial score (nSPS) is 18.7. The van der Waals surface area contributed by atoms with Gasteiger partial charge in [-0.25, -0.2) is 8.78 Å². The second-order valence-corrected chi connectivity index (χ2v) is 8.79. The minimum atomic E-state index is -0.809. The van der Waals surface area contributed by atoms with Crippen molar-refractivity contribution in [1.82, 2.24) is 4.90 Å². The van der Waals surface area contributed by atoms with E-state index in [9.17, 15) is 13.6 Å². The van der Waals surface area contributed by atoms with Crippen LogP contribution >= 0.6 is 12.4 Å². The number of ketones is 1. The van der Waals surface area contributed by atoms with Crippen molar-refractivity contribution in [3.63, 3.8) is 0 Å². The van der Waals surface area contributed by atoms with Gasteiger partial charge in [-0.1, -0.05) is 6.07 Å². The predicted molar refractivity (Wildman–Crippen MR) is 127 cm³/mol. The predicted octanol–water partition coefficient (Wildman–Crippen LogP) is 5.84. The Hall–Kier alpha value is -2.18. The van der Waals surface area contributed by atoms with Gasteiger partial charge < -0.3 is 9.47 Å². The Morgan fingerprint density at radius 1 is 0.970 bits per heavy atom. The molecule has 2 aromatic rings. The number of piperidine rings is 1. The molecule has 0 saturated carbocycles. The first-order chi connectivity index (χ1) is 15.5. The van der Waals surface area contributed by atoms with Crippen LogP contribution in [0.3, 0.4) is 0 Å². The molecule has 1 aliphatic carbocycles. The van der Waals surface area contributed by atoms with Crippen molar-refractivity contribution in [1.29, 1.82) is 0 Å². The van der Waals surface area contributed by atoms with Gasteiger partial charge in [0.2, 0.25) is 0 Å². The standard InChI is InChI=1S/C26H31F2NO3.ClH/c1-3-31-24-14-19-13-20(26(30)21(19)15-25(24)32-4-2)11-17-7-9-29(10-8-17)16-18-5-6-22(27)23(28)12-18;/h5-6,12,14-15,17,20H,3-4,7-11,13,16H2,1-2H3;1H. The summed E-state index contributed by atoms with van der Waals surface area (Å²) < 4.78 is 38.0. The number of ether oxygens (including phenoxy) is 2. The number of hydrogen-bond donors (Lipinski definition) is 0. The van der Waals surface area contributed by atoms with Gasteiger partial charge >= 0.3 is 0 Å². The number of carbonyl (C=O) groups is 1. The van der Waals surface area contributed by atoms with Crippen molar-refractivity contribution < 1.29 is 23.0 Å². The SMILES string of the molecule is CCOc1cc2c(cc1OCC)C(=O)C(CC1CCN(Cc3ccc(F)c(F)c3)CC1)C2.Cl. The van der Waals surface area contributed by atoms with Crippen LogP contribution in [0.5, 0.6) is 11.5 Å². The summed E-state index contributed by atoms with van der Waals surface area (Å²) in [5, 5.41) is 0. The average Bonchev–Trinajstić information content (AvgIpc) is 3.07. The topological polar surface area (TPSA) is 38.8 Å². The minimum absolute atomic E-state index is 0. The lowest BCUT2D eigenvalue weighted by Gasteiger charge is -2.33. The summed E-state index contributed by atoms with van der Waals surface area (Å²) in [4.78, 5) is 15.4. The Labute approximate surface area is 200 Å². The number of carbonyl (C=O) groups excluding carboxylic acids is 1. The maximum Gasteiger partial charge on any atom is 0.166 e. The Morgan fingerprint density at radius 2 is 1.64 bits per heavy atom. The summed E-state index contributed by atoms with van der Waals surface area (Å²) in [7, 11) is 0. The van der Waals surface area contributed by atoms with E-state index in [-0.39, 0.29) is 24.1 Å². The molecule has 4 nitrogen and oxygen atoms in total. The monoisotopic (exact) mass is 479 g/mol. The molecule has 0 spiro atoms. The largest absolute Gasteiger partial charge is 0.490 e. The molecule has 4 rings (SSSR count). The number of likely N-dealkylation sites (tertiary alicyclic amines) is 1. The fraction of sp³-hybridized carbons (Fsp3) is 0.500. The van der Waals surface area contributed by atoms with Gasteiger partial charge in [-0.3, -0.25) is 9.69 Å². The Kier molecular flexibility index (Phi) is 8.71. The molecule has 33 heavy (non-hydrogen) atoms. The van der Waals surface area contributed by atoms with E-state index in [2.05, 4.69) is 4.90 Å². The molecule has 1 heterocycles. The average molecular weight is 480 g/mol. The minimum Gasteiger partial charge on any atom is -0.490 e. The first-order valence-corrected chi connectivity index (χ1v) is 11.6. The van der Waals surface area contributed by atoms with E-state index in [1.165, 1.54) is 12.1 Å². The summed E-state index contributed by atoms with van der Waals surface area (Å²) in [5.41, 5.74) is 2.62. The Bertz CT molecular complexity index is 976. The lowest BCUT2D eigenvalue weighted by Crippen LogP contribution is -2.34. The van der Waals surface area contributed by atoms with Crippen LogP contribution in [0, 0.1) is 23.5 Å². The number of hydrogen-bond acceptors (Lipinski definition) is 4. The van der Waals surface area contributed by atoms with Crippen molar-refractivity contribution in [3.8, 4) is 11.5 Å². The third kappa shape index (κ3) is 5.85. The van der Waals surface area contributed by atoms with Crippen LogP contribution in [-0.4, -0.2) is 37.0 Å². The van der Waals surface area contributed by atoms with Crippen molar-refractivity contribution >= 4 is 18.2 Å². The van der Waals surface area contributed by atoms with Gasteiger partial charge in [-0.05, 0) is 93.9 Å². The van der Waals surface area contributed by atoms with Crippen molar-refractivity contribution in [2.45, 2.75) is 46.1 Å². The van der Waals surface area contributed by atoms with Crippen LogP contribution in [-0.2, 0) is 13.0 Å². The van der Waals surface area contributed by atoms with Gasteiger partial charge in [0, 0.05) is 18.0 Å². The molecule has 1 unspecified atom stereocenters. The lowest BCUT2D eigenvalue weighted by molar-refractivity contribution is 0.0895. The highest BCUT2D eigenvalue weighted by atomic mass is 35.5. The van der Waals surface area contributed by atoms with E-state index in [0.29, 0.717) is 37.2 Å². The van der Waals surface area contributed by atoms with Crippen molar-refractivity contribution in [2.75, 3.05) is 26.3 Å². The van der Waals surface area contributed by atoms with Crippen LogP contribution in [0.15, 0.2) is 30.3 Å². The lowest BCUT2D eigenvalue weighted by atomic mass is 9.85. The second kappa shape index (κ2) is 11.3. The molecule has 180 valence electrons. The molecular formula is C26H32ClF2NO3. The number of halogens is 3. The fourth-order valence-electron chi connectivity index (χ4n) is 4.98. The second-order valence-electron chi connectivity index (χ2n) is 8.79. The summed E-state index contributed by atoms with van der Waals surface area (Å²) in [5.74, 6) is 0.484. The smallest absolute Gasteiger partial charge is 0.166 e. The molecule has 1 atom stereocenters. The first kappa shape index (κ1) is 25.4. The Balaban J connectivity index is 0.00000306. The number of nitrogens with zero attached hydrogens (tertiary/aromatic N) is 1. The zero-order valence-corrected chi connectivity index (χ0v) is 20.1. The maximum absolute atomic E-state index is 13.5. The highest BCUT2D eigenvalue weighted by molar-refractivity contribution is 6.02. The molecule has 7 heteroatoms. The zero-order valence-electron chi connectivity index (χ0n) is 19.2. The van der Waals surface area contributed by atoms with E-state index >= 15 is 0 Å². The first-order valence-electron chi connectivity index (χ1n) is 11.6. The van der Waals surface area contributed by atoms with E-state index in [4.69, 9.17) is 9.47 Å². The quantitative estimate of drug-likeness (QED) is 0.476. The molecule has 0 radical (unpaired) electrons. The summed E-state index contributed by atoms with van der Waals surface area (Å²) >= 11 is 0. The van der Waals surface area contributed by atoms with E-state index in [1.54, 1.807) is 6.07 Å².